The highest BCUT2D eigenvalue weighted by molar-refractivity contribution is 5.96. The van der Waals surface area contributed by atoms with Crippen molar-refractivity contribution in [2.75, 3.05) is 25.2 Å². The molecule has 6 nitrogen and oxygen atoms in total. The summed E-state index contributed by atoms with van der Waals surface area (Å²) < 4.78 is 5.14. The molecule has 1 aromatic carbocycles. The summed E-state index contributed by atoms with van der Waals surface area (Å²) in [5.41, 5.74) is 0.850. The molecule has 0 saturated heterocycles. The molecule has 2 aromatic rings. The van der Waals surface area contributed by atoms with Crippen LogP contribution in [0.3, 0.4) is 0 Å². The summed E-state index contributed by atoms with van der Waals surface area (Å²) in [6.07, 6.45) is 1.46. The third kappa shape index (κ3) is 3.28. The Bertz CT molecular complexity index is 643. The van der Waals surface area contributed by atoms with Gasteiger partial charge >= 0.3 is 5.97 Å². The number of benzene rings is 1. The van der Waals surface area contributed by atoms with Crippen molar-refractivity contribution < 1.29 is 14.6 Å². The van der Waals surface area contributed by atoms with Crippen LogP contribution in [0.15, 0.2) is 24.5 Å². The highest BCUT2D eigenvalue weighted by Gasteiger charge is 2.16. The number of rotatable bonds is 6. The Morgan fingerprint density at radius 3 is 2.76 bits per heavy atom. The largest absolute Gasteiger partial charge is 0.478 e. The molecule has 0 aliphatic carbocycles. The zero-order valence-electron chi connectivity index (χ0n) is 12.4. The third-order valence-electron chi connectivity index (χ3n) is 3.29. The molecule has 0 amide bonds. The molecule has 0 bridgehead atoms. The number of nitrogens with zero attached hydrogens (tertiary/aromatic N) is 3. The number of aromatic nitrogens is 2. The highest BCUT2D eigenvalue weighted by atomic mass is 16.5. The van der Waals surface area contributed by atoms with Crippen LogP contribution in [-0.4, -0.2) is 47.3 Å². The summed E-state index contributed by atoms with van der Waals surface area (Å²) in [7, 11) is 1.66. The number of carbonyl (C=O) groups is 1. The third-order valence-corrected chi connectivity index (χ3v) is 3.29. The number of hydrogen-bond donors (Lipinski definition) is 1. The number of aromatic carboxylic acids is 1. The maximum atomic E-state index is 11.0. The molecule has 1 N–H and O–H groups in total. The van der Waals surface area contributed by atoms with Crippen molar-refractivity contribution in [2.45, 2.75) is 19.9 Å². The maximum absolute atomic E-state index is 11.0. The SMILES string of the molecule is COCCN(c1ncnc2cc(C(=O)O)ccc12)C(C)C. The summed E-state index contributed by atoms with van der Waals surface area (Å²) in [6, 6.07) is 5.15. The van der Waals surface area contributed by atoms with Crippen LogP contribution >= 0.6 is 0 Å². The van der Waals surface area contributed by atoms with Crippen molar-refractivity contribution in [3.63, 3.8) is 0 Å². The zero-order chi connectivity index (χ0) is 15.4. The molecule has 1 aromatic heterocycles. The Morgan fingerprint density at radius 2 is 2.14 bits per heavy atom. The van der Waals surface area contributed by atoms with E-state index < -0.39 is 5.97 Å². The molecule has 21 heavy (non-hydrogen) atoms. The minimum Gasteiger partial charge on any atom is -0.478 e. The minimum atomic E-state index is -0.961. The lowest BCUT2D eigenvalue weighted by molar-refractivity contribution is 0.0697. The first kappa shape index (κ1) is 15.2. The molecular formula is C15H19N3O3. The van der Waals surface area contributed by atoms with E-state index in [1.807, 2.05) is 0 Å². The Kier molecular flexibility index (Phi) is 4.70. The van der Waals surface area contributed by atoms with Crippen LogP contribution in [0.1, 0.15) is 24.2 Å². The molecule has 0 radical (unpaired) electrons. The fraction of sp³-hybridized carbons (Fsp3) is 0.400. The van der Waals surface area contributed by atoms with E-state index >= 15 is 0 Å². The molecule has 1 heterocycles. The zero-order valence-corrected chi connectivity index (χ0v) is 12.4. The average molecular weight is 289 g/mol. The first-order chi connectivity index (χ1) is 10.0. The minimum absolute atomic E-state index is 0.222. The van der Waals surface area contributed by atoms with Gasteiger partial charge in [0, 0.05) is 25.1 Å². The maximum Gasteiger partial charge on any atom is 0.335 e. The van der Waals surface area contributed by atoms with Crippen molar-refractivity contribution in [3.05, 3.63) is 30.1 Å². The number of methoxy groups -OCH3 is 1. The van der Waals surface area contributed by atoms with Crippen molar-refractivity contribution in [1.82, 2.24) is 9.97 Å². The van der Waals surface area contributed by atoms with E-state index in [0.717, 1.165) is 11.2 Å². The molecule has 0 fully saturated rings. The van der Waals surface area contributed by atoms with Gasteiger partial charge in [0.2, 0.25) is 0 Å². The molecule has 0 saturated carbocycles. The Balaban J connectivity index is 2.49. The number of anilines is 1. The van der Waals surface area contributed by atoms with Gasteiger partial charge in [-0.2, -0.15) is 0 Å². The fourth-order valence-corrected chi connectivity index (χ4v) is 2.20. The summed E-state index contributed by atoms with van der Waals surface area (Å²) in [6.45, 7) is 5.46. The van der Waals surface area contributed by atoms with E-state index in [1.54, 1.807) is 25.3 Å². The fourth-order valence-electron chi connectivity index (χ4n) is 2.20. The van der Waals surface area contributed by atoms with Crippen LogP contribution in [0.2, 0.25) is 0 Å². The average Bonchev–Trinajstić information content (AvgIpc) is 2.46. The van der Waals surface area contributed by atoms with Gasteiger partial charge in [-0.25, -0.2) is 14.8 Å². The number of carboxylic acids is 1. The van der Waals surface area contributed by atoms with Crippen molar-refractivity contribution in [2.24, 2.45) is 0 Å². The molecular weight excluding hydrogens is 270 g/mol. The van der Waals surface area contributed by atoms with Crippen LogP contribution in [0.5, 0.6) is 0 Å². The van der Waals surface area contributed by atoms with Gasteiger partial charge in [-0.3, -0.25) is 0 Å². The van der Waals surface area contributed by atoms with E-state index in [-0.39, 0.29) is 11.6 Å². The highest BCUT2D eigenvalue weighted by Crippen LogP contribution is 2.25. The van der Waals surface area contributed by atoms with E-state index in [2.05, 4.69) is 28.7 Å². The van der Waals surface area contributed by atoms with Gasteiger partial charge in [-0.05, 0) is 32.0 Å². The molecule has 6 heteroatoms. The Labute approximate surface area is 123 Å². The van der Waals surface area contributed by atoms with Crippen LogP contribution in [0.4, 0.5) is 5.82 Å². The Morgan fingerprint density at radius 1 is 1.38 bits per heavy atom. The van der Waals surface area contributed by atoms with E-state index in [4.69, 9.17) is 9.84 Å². The second kappa shape index (κ2) is 6.49. The lowest BCUT2D eigenvalue weighted by atomic mass is 10.1. The Hall–Kier alpha value is -2.21. The second-order valence-corrected chi connectivity index (χ2v) is 5.01. The van der Waals surface area contributed by atoms with E-state index in [0.29, 0.717) is 18.7 Å². The molecule has 0 unspecified atom stereocenters. The van der Waals surface area contributed by atoms with Crippen molar-refractivity contribution >= 4 is 22.7 Å². The molecule has 112 valence electrons. The summed E-state index contributed by atoms with van der Waals surface area (Å²) in [5.74, 6) is -0.166. The van der Waals surface area contributed by atoms with E-state index in [1.165, 1.54) is 6.33 Å². The lowest BCUT2D eigenvalue weighted by Crippen LogP contribution is -2.34. The summed E-state index contributed by atoms with van der Waals surface area (Å²) in [4.78, 5) is 21.7. The van der Waals surface area contributed by atoms with Crippen LogP contribution in [0.25, 0.3) is 10.9 Å². The summed E-state index contributed by atoms with van der Waals surface area (Å²) in [5, 5.41) is 9.90. The topological polar surface area (TPSA) is 75.5 Å². The molecule has 0 aliphatic heterocycles. The van der Waals surface area contributed by atoms with Gasteiger partial charge in [0.05, 0.1) is 17.7 Å². The van der Waals surface area contributed by atoms with Gasteiger partial charge in [0.15, 0.2) is 0 Å². The van der Waals surface area contributed by atoms with Gasteiger partial charge in [0.25, 0.3) is 0 Å². The summed E-state index contributed by atoms with van der Waals surface area (Å²) >= 11 is 0. The molecule has 0 spiro atoms. The van der Waals surface area contributed by atoms with Crippen molar-refractivity contribution in [1.29, 1.82) is 0 Å². The normalized spacial score (nSPS) is 11.0. The number of carboxylic acid groups (broad SMARTS) is 1. The lowest BCUT2D eigenvalue weighted by Gasteiger charge is -2.28. The van der Waals surface area contributed by atoms with Gasteiger partial charge in [-0.15, -0.1) is 0 Å². The van der Waals surface area contributed by atoms with Crippen LogP contribution < -0.4 is 4.90 Å². The predicted molar refractivity (Wildman–Crippen MR) is 80.9 cm³/mol. The standard InChI is InChI=1S/C15H19N3O3/c1-10(2)18(6-7-21-3)14-12-5-4-11(15(19)20)8-13(12)16-9-17-14/h4-5,8-10H,6-7H2,1-3H3,(H,19,20). The van der Waals surface area contributed by atoms with Gasteiger partial charge < -0.3 is 14.7 Å². The molecule has 0 atom stereocenters. The van der Waals surface area contributed by atoms with Gasteiger partial charge in [-0.1, -0.05) is 0 Å². The molecule has 2 rings (SSSR count). The van der Waals surface area contributed by atoms with Crippen molar-refractivity contribution in [3.8, 4) is 0 Å². The number of ether oxygens (including phenoxy) is 1. The smallest absolute Gasteiger partial charge is 0.335 e. The quantitative estimate of drug-likeness (QED) is 0.878. The van der Waals surface area contributed by atoms with E-state index in [9.17, 15) is 4.79 Å². The van der Waals surface area contributed by atoms with Crippen LogP contribution in [-0.2, 0) is 4.74 Å². The van der Waals surface area contributed by atoms with Gasteiger partial charge in [0.1, 0.15) is 12.1 Å². The van der Waals surface area contributed by atoms with Crippen LogP contribution in [0, 0.1) is 0 Å². The first-order valence-corrected chi connectivity index (χ1v) is 6.78. The number of fused-ring (bicyclic) bond motifs is 1. The molecule has 0 aliphatic rings. The predicted octanol–water partition coefficient (Wildman–Crippen LogP) is 2.19. The second-order valence-electron chi connectivity index (χ2n) is 5.01. The monoisotopic (exact) mass is 289 g/mol. The number of hydrogen-bond acceptors (Lipinski definition) is 5. The first-order valence-electron chi connectivity index (χ1n) is 6.78.